The molecule has 0 heterocycles. The maximum atomic E-state index is 9.14. The molecule has 0 fully saturated rings. The SMILES string of the molecule is Oc1ccc([AsH]c2ccccc2)cc1. The van der Waals surface area contributed by atoms with Crippen LogP contribution >= 0.6 is 0 Å². The van der Waals surface area contributed by atoms with Crippen molar-refractivity contribution in [3.8, 4) is 5.75 Å². The molecule has 0 amide bonds. The van der Waals surface area contributed by atoms with Crippen molar-refractivity contribution in [1.82, 2.24) is 0 Å². The fraction of sp³-hybridized carbons (Fsp3) is 0. The fourth-order valence-corrected chi connectivity index (χ4v) is 3.39. The molecule has 0 aliphatic rings. The molecule has 0 aliphatic carbocycles. The third-order valence-electron chi connectivity index (χ3n) is 1.93. The summed E-state index contributed by atoms with van der Waals surface area (Å²) >= 11 is -0.233. The summed E-state index contributed by atoms with van der Waals surface area (Å²) < 4.78 is 2.76. The summed E-state index contributed by atoms with van der Waals surface area (Å²) in [7, 11) is 0. The Bertz CT molecular complexity index is 394. The summed E-state index contributed by atoms with van der Waals surface area (Å²) in [6, 6.07) is 18.0. The van der Waals surface area contributed by atoms with E-state index in [0.717, 1.165) is 0 Å². The second-order valence-corrected chi connectivity index (χ2v) is 5.99. The molecule has 1 atom stereocenters. The van der Waals surface area contributed by atoms with Gasteiger partial charge in [0.2, 0.25) is 0 Å². The second kappa shape index (κ2) is 4.34. The summed E-state index contributed by atoms with van der Waals surface area (Å²) in [4.78, 5) is 0. The first-order valence-electron chi connectivity index (χ1n) is 4.46. The molecule has 0 bridgehead atoms. The van der Waals surface area contributed by atoms with E-state index >= 15 is 0 Å². The monoisotopic (exact) mass is 246 g/mol. The van der Waals surface area contributed by atoms with E-state index in [1.54, 1.807) is 12.1 Å². The van der Waals surface area contributed by atoms with Crippen molar-refractivity contribution in [2.75, 3.05) is 0 Å². The normalized spacial score (nSPS) is 10.9. The fourth-order valence-electron chi connectivity index (χ4n) is 1.23. The Morgan fingerprint density at radius 1 is 0.714 bits per heavy atom. The Morgan fingerprint density at radius 3 is 1.93 bits per heavy atom. The van der Waals surface area contributed by atoms with Crippen LogP contribution in [0.4, 0.5) is 0 Å². The number of phenols is 1. The average Bonchev–Trinajstić information content (AvgIpc) is 2.23. The van der Waals surface area contributed by atoms with Gasteiger partial charge in [-0.15, -0.1) is 0 Å². The predicted molar refractivity (Wildman–Crippen MR) is 61.0 cm³/mol. The van der Waals surface area contributed by atoms with E-state index < -0.39 is 0 Å². The number of hydrogen-bond donors (Lipinski definition) is 1. The number of aromatic hydroxyl groups is 1. The minimum absolute atomic E-state index is 0.233. The van der Waals surface area contributed by atoms with Crippen LogP contribution in [0, 0.1) is 0 Å². The van der Waals surface area contributed by atoms with Crippen molar-refractivity contribution >= 4 is 24.5 Å². The van der Waals surface area contributed by atoms with Crippen molar-refractivity contribution in [2.24, 2.45) is 0 Å². The van der Waals surface area contributed by atoms with Gasteiger partial charge < -0.3 is 0 Å². The van der Waals surface area contributed by atoms with E-state index in [1.807, 2.05) is 18.2 Å². The van der Waals surface area contributed by atoms with Crippen molar-refractivity contribution in [3.63, 3.8) is 0 Å². The quantitative estimate of drug-likeness (QED) is 0.776. The third kappa shape index (κ3) is 2.40. The Hall–Kier alpha value is -1.20. The zero-order chi connectivity index (χ0) is 9.80. The molecule has 0 spiro atoms. The maximum absolute atomic E-state index is 9.14. The van der Waals surface area contributed by atoms with Crippen LogP contribution in [-0.2, 0) is 0 Å². The number of rotatable bonds is 2. The summed E-state index contributed by atoms with van der Waals surface area (Å²) in [5.74, 6) is 0.341. The molecule has 2 heteroatoms. The van der Waals surface area contributed by atoms with E-state index in [-0.39, 0.29) is 15.8 Å². The molecule has 0 aliphatic heterocycles. The molecular weight excluding hydrogens is 235 g/mol. The van der Waals surface area contributed by atoms with Gasteiger partial charge in [-0.2, -0.15) is 0 Å². The van der Waals surface area contributed by atoms with Gasteiger partial charge in [-0.1, -0.05) is 0 Å². The molecule has 0 aromatic heterocycles. The zero-order valence-electron chi connectivity index (χ0n) is 7.64. The van der Waals surface area contributed by atoms with Crippen molar-refractivity contribution in [3.05, 3.63) is 54.6 Å². The van der Waals surface area contributed by atoms with Gasteiger partial charge in [-0.3, -0.25) is 0 Å². The minimum atomic E-state index is -0.233. The number of phenolic OH excluding ortho intramolecular Hbond substituents is 1. The van der Waals surface area contributed by atoms with Gasteiger partial charge in [0.15, 0.2) is 0 Å². The molecule has 2 rings (SSSR count). The van der Waals surface area contributed by atoms with Gasteiger partial charge in [0, 0.05) is 0 Å². The molecule has 0 radical (unpaired) electrons. The third-order valence-corrected chi connectivity index (χ3v) is 4.54. The van der Waals surface area contributed by atoms with Crippen LogP contribution in [0.1, 0.15) is 0 Å². The standard InChI is InChI=1S/C12H11AsO/c14-12-8-6-11(7-9-12)13-10-4-2-1-3-5-10/h1-9,13-14H. The molecule has 1 nitrogen and oxygen atoms in total. The van der Waals surface area contributed by atoms with Crippen molar-refractivity contribution in [1.29, 1.82) is 0 Å². The Labute approximate surface area is 90.1 Å². The first-order valence-corrected chi connectivity index (χ1v) is 6.55. The Morgan fingerprint density at radius 2 is 1.29 bits per heavy atom. The Balaban J connectivity index is 2.16. The van der Waals surface area contributed by atoms with Crippen LogP contribution < -0.4 is 8.70 Å². The van der Waals surface area contributed by atoms with Gasteiger partial charge in [-0.25, -0.2) is 0 Å². The van der Waals surface area contributed by atoms with E-state index in [2.05, 4.69) is 24.3 Å². The second-order valence-electron chi connectivity index (χ2n) is 3.04. The van der Waals surface area contributed by atoms with E-state index in [9.17, 15) is 0 Å². The molecule has 2 aromatic carbocycles. The van der Waals surface area contributed by atoms with Crippen LogP contribution in [0.25, 0.3) is 0 Å². The molecule has 14 heavy (non-hydrogen) atoms. The molecule has 1 unspecified atom stereocenters. The van der Waals surface area contributed by atoms with Crippen LogP contribution in [0.2, 0.25) is 0 Å². The van der Waals surface area contributed by atoms with Crippen LogP contribution in [0.5, 0.6) is 5.75 Å². The molecule has 2 aromatic rings. The molecule has 0 saturated heterocycles. The van der Waals surface area contributed by atoms with Crippen LogP contribution in [-0.4, -0.2) is 20.9 Å². The predicted octanol–water partition coefficient (Wildman–Crippen LogP) is 0.779. The van der Waals surface area contributed by atoms with Gasteiger partial charge in [0.25, 0.3) is 0 Å². The summed E-state index contributed by atoms with van der Waals surface area (Å²) in [5.41, 5.74) is 0. The molecular formula is C12H11AsO. The summed E-state index contributed by atoms with van der Waals surface area (Å²) in [6.45, 7) is 0. The average molecular weight is 246 g/mol. The van der Waals surface area contributed by atoms with Crippen molar-refractivity contribution < 1.29 is 5.11 Å². The van der Waals surface area contributed by atoms with E-state index in [1.165, 1.54) is 8.70 Å². The number of benzene rings is 2. The number of hydrogen-bond acceptors (Lipinski definition) is 1. The van der Waals surface area contributed by atoms with Gasteiger partial charge in [0.05, 0.1) is 0 Å². The van der Waals surface area contributed by atoms with Crippen LogP contribution in [0.3, 0.4) is 0 Å². The Kier molecular flexibility index (Phi) is 2.90. The van der Waals surface area contributed by atoms with Gasteiger partial charge >= 0.3 is 89.9 Å². The molecule has 70 valence electrons. The first kappa shape index (κ1) is 9.36. The van der Waals surface area contributed by atoms with Gasteiger partial charge in [0.1, 0.15) is 0 Å². The summed E-state index contributed by atoms with van der Waals surface area (Å²) in [5, 5.41) is 9.14. The summed E-state index contributed by atoms with van der Waals surface area (Å²) in [6.07, 6.45) is 0. The van der Waals surface area contributed by atoms with Crippen LogP contribution in [0.15, 0.2) is 54.6 Å². The van der Waals surface area contributed by atoms with E-state index in [0.29, 0.717) is 5.75 Å². The van der Waals surface area contributed by atoms with Crippen molar-refractivity contribution in [2.45, 2.75) is 0 Å². The van der Waals surface area contributed by atoms with E-state index in [4.69, 9.17) is 5.11 Å². The molecule has 1 N–H and O–H groups in total. The topological polar surface area (TPSA) is 20.2 Å². The zero-order valence-corrected chi connectivity index (χ0v) is 9.74. The molecule has 0 saturated carbocycles. The first-order chi connectivity index (χ1) is 6.84. The van der Waals surface area contributed by atoms with Gasteiger partial charge in [-0.05, 0) is 0 Å².